The van der Waals surface area contributed by atoms with Gasteiger partial charge < -0.3 is 0 Å². The van der Waals surface area contributed by atoms with Gasteiger partial charge in [0.2, 0.25) is 0 Å². The zero-order chi connectivity index (χ0) is 7.11. The van der Waals surface area contributed by atoms with Gasteiger partial charge in [0.25, 0.3) is 0 Å². The fourth-order valence-electron chi connectivity index (χ4n) is 0.458. The molecule has 0 saturated heterocycles. The Hall–Kier alpha value is -1.04. The van der Waals surface area contributed by atoms with Crippen LogP contribution in [-0.2, 0) is 0 Å². The summed E-state index contributed by atoms with van der Waals surface area (Å²) >= 11 is 0. The third kappa shape index (κ3) is 4.82. The van der Waals surface area contributed by atoms with Gasteiger partial charge in [-0.25, -0.2) is 0 Å². The Balaban J connectivity index is 3.61. The number of allylic oxidation sites excluding steroid dienone is 5. The van der Waals surface area contributed by atoms with Crippen LogP contribution < -0.4 is 0 Å². The molecular formula is C9H12. The Kier molecular flexibility index (Phi) is 4.51. The predicted molar refractivity (Wildman–Crippen MR) is 43.3 cm³/mol. The highest BCUT2D eigenvalue weighted by atomic mass is 13.8. The van der Waals surface area contributed by atoms with Gasteiger partial charge in [0.15, 0.2) is 0 Å². The maximum absolute atomic E-state index is 3.78. The molecule has 0 aromatic carbocycles. The van der Waals surface area contributed by atoms with E-state index in [1.165, 1.54) is 0 Å². The van der Waals surface area contributed by atoms with E-state index >= 15 is 0 Å². The van der Waals surface area contributed by atoms with E-state index in [0.717, 1.165) is 12.0 Å². The lowest BCUT2D eigenvalue weighted by Crippen LogP contribution is -1.67. The molecule has 0 fully saturated rings. The molecule has 0 aromatic heterocycles. The molecule has 0 aromatic rings. The molecule has 0 aliphatic heterocycles. The van der Waals surface area contributed by atoms with Gasteiger partial charge in [-0.2, -0.15) is 0 Å². The van der Waals surface area contributed by atoms with E-state index < -0.39 is 0 Å². The first kappa shape index (κ1) is 7.96. The van der Waals surface area contributed by atoms with Crippen LogP contribution in [0.4, 0.5) is 0 Å². The zero-order valence-electron chi connectivity index (χ0n) is 5.64. The maximum atomic E-state index is 3.78. The van der Waals surface area contributed by atoms with Crippen LogP contribution in [0.25, 0.3) is 0 Å². The highest BCUT2D eigenvalue weighted by molar-refractivity contribution is 5.19. The third-order valence-electron chi connectivity index (χ3n) is 0.875. The van der Waals surface area contributed by atoms with Crippen LogP contribution in [-0.4, -0.2) is 0 Å². The van der Waals surface area contributed by atoms with E-state index in [4.69, 9.17) is 0 Å². The van der Waals surface area contributed by atoms with Crippen molar-refractivity contribution in [3.63, 3.8) is 0 Å². The second kappa shape index (κ2) is 5.10. The van der Waals surface area contributed by atoms with E-state index in [-0.39, 0.29) is 0 Å². The summed E-state index contributed by atoms with van der Waals surface area (Å²) in [4.78, 5) is 0. The van der Waals surface area contributed by atoms with Crippen molar-refractivity contribution in [1.29, 1.82) is 0 Å². The normalized spacial score (nSPS) is 9.33. The molecule has 0 heteroatoms. The minimum atomic E-state index is 0.852. The van der Waals surface area contributed by atoms with Crippen molar-refractivity contribution >= 4 is 0 Å². The molecule has 0 radical (unpaired) electrons. The summed E-state index contributed by atoms with van der Waals surface area (Å²) in [6.45, 7) is 10.9. The molecule has 0 atom stereocenters. The van der Waals surface area contributed by atoms with Crippen LogP contribution in [0, 0.1) is 0 Å². The number of hydrogen-bond acceptors (Lipinski definition) is 0. The molecular weight excluding hydrogens is 108 g/mol. The molecule has 9 heavy (non-hydrogen) atoms. The van der Waals surface area contributed by atoms with Crippen molar-refractivity contribution in [2.24, 2.45) is 0 Å². The highest BCUT2D eigenvalue weighted by Crippen LogP contribution is 1.98. The van der Waals surface area contributed by atoms with Crippen molar-refractivity contribution in [2.75, 3.05) is 0 Å². The van der Waals surface area contributed by atoms with Gasteiger partial charge in [0.1, 0.15) is 0 Å². The fourth-order valence-corrected chi connectivity index (χ4v) is 0.458. The van der Waals surface area contributed by atoms with Crippen LogP contribution in [0.5, 0.6) is 0 Å². The first-order valence-corrected chi connectivity index (χ1v) is 2.89. The van der Waals surface area contributed by atoms with Gasteiger partial charge in [0, 0.05) is 0 Å². The molecule has 0 bridgehead atoms. The molecule has 0 nitrogen and oxygen atoms in total. The fraction of sp³-hybridized carbons (Fsp3) is 0.111. The third-order valence-corrected chi connectivity index (χ3v) is 0.875. The molecule has 0 saturated carbocycles. The number of hydrogen-bond donors (Lipinski definition) is 0. The van der Waals surface area contributed by atoms with E-state index in [9.17, 15) is 0 Å². The van der Waals surface area contributed by atoms with Gasteiger partial charge in [-0.3, -0.25) is 0 Å². The minimum Gasteiger partial charge on any atom is -0.103 e. The summed E-state index contributed by atoms with van der Waals surface area (Å²) in [6.07, 6.45) is 8.20. The van der Waals surface area contributed by atoms with E-state index in [1.807, 2.05) is 18.2 Å². The molecule has 0 spiro atoms. The van der Waals surface area contributed by atoms with E-state index in [1.54, 1.807) is 6.08 Å². The van der Waals surface area contributed by atoms with Crippen LogP contribution >= 0.6 is 0 Å². The van der Waals surface area contributed by atoms with Gasteiger partial charge in [-0.1, -0.05) is 43.0 Å². The summed E-state index contributed by atoms with van der Waals surface area (Å²) in [5, 5.41) is 0. The quantitative estimate of drug-likeness (QED) is 0.395. The second-order valence-electron chi connectivity index (χ2n) is 1.75. The van der Waals surface area contributed by atoms with Crippen molar-refractivity contribution < 1.29 is 0 Å². The Morgan fingerprint density at radius 1 is 1.33 bits per heavy atom. The average Bonchev–Trinajstić information content (AvgIpc) is 1.85. The van der Waals surface area contributed by atoms with Crippen LogP contribution in [0.1, 0.15) is 6.42 Å². The van der Waals surface area contributed by atoms with Gasteiger partial charge >= 0.3 is 0 Å². The van der Waals surface area contributed by atoms with Crippen LogP contribution in [0.2, 0.25) is 0 Å². The molecule has 0 unspecified atom stereocenters. The Bertz CT molecular complexity index is 138. The molecule has 0 N–H and O–H groups in total. The lowest BCUT2D eigenvalue weighted by atomic mass is 10.2. The summed E-state index contributed by atoms with van der Waals surface area (Å²) in [6, 6.07) is 0. The Morgan fingerprint density at radius 3 is 2.44 bits per heavy atom. The van der Waals surface area contributed by atoms with Crippen molar-refractivity contribution in [2.45, 2.75) is 6.42 Å². The SMILES string of the molecule is C=C/C=C\C(=C)CC=C. The molecule has 0 amide bonds. The molecule has 0 heterocycles. The average molecular weight is 120 g/mol. The lowest BCUT2D eigenvalue weighted by Gasteiger charge is -1.88. The van der Waals surface area contributed by atoms with E-state index in [2.05, 4.69) is 19.7 Å². The lowest BCUT2D eigenvalue weighted by molar-refractivity contribution is 1.31. The smallest absolute Gasteiger partial charge is 0.0106 e. The maximum Gasteiger partial charge on any atom is -0.0106 e. The first-order chi connectivity index (χ1) is 4.31. The summed E-state index contributed by atoms with van der Waals surface area (Å²) in [5.41, 5.74) is 1.06. The van der Waals surface area contributed by atoms with Gasteiger partial charge in [0.05, 0.1) is 0 Å². The van der Waals surface area contributed by atoms with E-state index in [0.29, 0.717) is 0 Å². The summed E-state index contributed by atoms with van der Waals surface area (Å²) in [7, 11) is 0. The van der Waals surface area contributed by atoms with Crippen LogP contribution in [0.15, 0.2) is 49.6 Å². The Labute approximate surface area is 56.9 Å². The first-order valence-electron chi connectivity index (χ1n) is 2.89. The monoisotopic (exact) mass is 120 g/mol. The largest absolute Gasteiger partial charge is 0.103 e. The molecule has 0 aliphatic carbocycles. The standard InChI is InChI=1S/C9H12/c1-4-6-8-9(3)7-5-2/h4-6,8H,1-3,7H2/b8-6-. The zero-order valence-corrected chi connectivity index (χ0v) is 5.64. The van der Waals surface area contributed by atoms with Crippen LogP contribution in [0.3, 0.4) is 0 Å². The highest BCUT2D eigenvalue weighted by Gasteiger charge is 1.78. The predicted octanol–water partition coefficient (Wildman–Crippen LogP) is 2.86. The second-order valence-corrected chi connectivity index (χ2v) is 1.75. The molecule has 0 rings (SSSR count). The molecule has 0 aliphatic rings. The van der Waals surface area contributed by atoms with Crippen molar-refractivity contribution in [3.05, 3.63) is 49.6 Å². The summed E-state index contributed by atoms with van der Waals surface area (Å²) in [5.74, 6) is 0. The summed E-state index contributed by atoms with van der Waals surface area (Å²) < 4.78 is 0. The van der Waals surface area contributed by atoms with Gasteiger partial charge in [-0.15, -0.1) is 6.58 Å². The van der Waals surface area contributed by atoms with Crippen molar-refractivity contribution in [1.82, 2.24) is 0 Å². The molecule has 48 valence electrons. The Morgan fingerprint density at radius 2 is 2.00 bits per heavy atom. The van der Waals surface area contributed by atoms with Gasteiger partial charge in [-0.05, 0) is 6.42 Å². The minimum absolute atomic E-state index is 0.852. The number of rotatable bonds is 4. The van der Waals surface area contributed by atoms with Crippen molar-refractivity contribution in [3.8, 4) is 0 Å². The topological polar surface area (TPSA) is 0 Å².